The predicted molar refractivity (Wildman–Crippen MR) is 79.0 cm³/mol. The fourth-order valence-corrected chi connectivity index (χ4v) is 1.61. The van der Waals surface area contributed by atoms with Crippen LogP contribution in [0.2, 0.25) is 0 Å². The Morgan fingerprint density at radius 3 is 1.61 bits per heavy atom. The van der Waals surface area contributed by atoms with Gasteiger partial charge >= 0.3 is 0 Å². The Balaban J connectivity index is 4.35. The normalized spacial score (nSPS) is 15.8. The van der Waals surface area contributed by atoms with E-state index in [9.17, 15) is 0 Å². The molecule has 0 aromatic heterocycles. The third-order valence-corrected chi connectivity index (χ3v) is 2.44. The number of hydrogen-bond acceptors (Lipinski definition) is 2. The second-order valence-electron chi connectivity index (χ2n) is 8.37. The molecule has 0 N–H and O–H groups in total. The zero-order valence-electron chi connectivity index (χ0n) is 14.0. The van der Waals surface area contributed by atoms with E-state index in [1.165, 1.54) is 0 Å². The van der Waals surface area contributed by atoms with Gasteiger partial charge in [0.05, 0.1) is 23.9 Å². The molecule has 0 radical (unpaired) electrons. The highest BCUT2D eigenvalue weighted by atomic mass is 16.6. The number of rotatable bonds is 5. The van der Waals surface area contributed by atoms with Gasteiger partial charge in [0.25, 0.3) is 0 Å². The quantitative estimate of drug-likeness (QED) is 0.704. The van der Waals surface area contributed by atoms with E-state index in [2.05, 4.69) is 62.3 Å². The van der Waals surface area contributed by atoms with Crippen molar-refractivity contribution in [1.29, 1.82) is 0 Å². The van der Waals surface area contributed by atoms with Crippen molar-refractivity contribution in [2.45, 2.75) is 92.5 Å². The van der Waals surface area contributed by atoms with Crippen LogP contribution in [0, 0.1) is 5.41 Å². The van der Waals surface area contributed by atoms with Gasteiger partial charge in [-0.1, -0.05) is 20.8 Å². The van der Waals surface area contributed by atoms with Crippen molar-refractivity contribution in [2.75, 3.05) is 6.61 Å². The fraction of sp³-hybridized carbons (Fsp3) is 1.00. The van der Waals surface area contributed by atoms with Gasteiger partial charge in [-0.05, 0) is 59.8 Å². The molecule has 0 aliphatic heterocycles. The van der Waals surface area contributed by atoms with Crippen molar-refractivity contribution >= 4 is 0 Å². The second kappa shape index (κ2) is 6.38. The van der Waals surface area contributed by atoms with Crippen LogP contribution in [0.3, 0.4) is 0 Å². The van der Waals surface area contributed by atoms with Gasteiger partial charge in [-0.3, -0.25) is 0 Å². The van der Waals surface area contributed by atoms with Crippen LogP contribution in [-0.2, 0) is 9.47 Å². The molecule has 0 saturated carbocycles. The zero-order valence-corrected chi connectivity index (χ0v) is 14.0. The van der Waals surface area contributed by atoms with Crippen LogP contribution in [-0.4, -0.2) is 23.9 Å². The van der Waals surface area contributed by atoms with Crippen LogP contribution in [0.1, 0.15) is 75.2 Å². The molecule has 0 bridgehead atoms. The minimum absolute atomic E-state index is 0.0960. The Morgan fingerprint density at radius 1 is 0.778 bits per heavy atom. The Bertz CT molecular complexity index is 207. The minimum atomic E-state index is -0.107. The predicted octanol–water partition coefficient (Wildman–Crippen LogP) is 4.81. The summed E-state index contributed by atoms with van der Waals surface area (Å²) in [6.07, 6.45) is 2.39. The van der Waals surface area contributed by atoms with Crippen LogP contribution in [0.5, 0.6) is 0 Å². The first-order valence-electron chi connectivity index (χ1n) is 7.10. The molecule has 110 valence electrons. The second-order valence-corrected chi connectivity index (χ2v) is 8.37. The van der Waals surface area contributed by atoms with Crippen LogP contribution in [0.25, 0.3) is 0 Å². The Morgan fingerprint density at radius 2 is 1.28 bits per heavy atom. The summed E-state index contributed by atoms with van der Waals surface area (Å²) in [7, 11) is 0. The topological polar surface area (TPSA) is 18.5 Å². The van der Waals surface area contributed by atoms with Crippen molar-refractivity contribution in [1.82, 2.24) is 0 Å². The molecule has 2 nitrogen and oxygen atoms in total. The summed E-state index contributed by atoms with van der Waals surface area (Å²) in [4.78, 5) is 0. The van der Waals surface area contributed by atoms with Gasteiger partial charge in [0, 0.05) is 0 Å². The van der Waals surface area contributed by atoms with Crippen LogP contribution >= 0.6 is 0 Å². The smallest absolute Gasteiger partial charge is 0.0816 e. The molecular weight excluding hydrogens is 224 g/mol. The molecule has 1 atom stereocenters. The molecule has 18 heavy (non-hydrogen) atoms. The first-order valence-corrected chi connectivity index (χ1v) is 7.10. The minimum Gasteiger partial charge on any atom is -0.373 e. The molecule has 2 heteroatoms. The van der Waals surface area contributed by atoms with Crippen LogP contribution in [0.15, 0.2) is 0 Å². The lowest BCUT2D eigenvalue weighted by atomic mass is 9.89. The number of hydrogen-bond donors (Lipinski definition) is 0. The van der Waals surface area contributed by atoms with Gasteiger partial charge in [0.2, 0.25) is 0 Å². The van der Waals surface area contributed by atoms with Gasteiger partial charge in [0.15, 0.2) is 0 Å². The van der Waals surface area contributed by atoms with Crippen molar-refractivity contribution in [3.63, 3.8) is 0 Å². The highest BCUT2D eigenvalue weighted by Gasteiger charge is 2.23. The lowest BCUT2D eigenvalue weighted by Gasteiger charge is -2.31. The van der Waals surface area contributed by atoms with Crippen LogP contribution in [0.4, 0.5) is 0 Å². The summed E-state index contributed by atoms with van der Waals surface area (Å²) in [6, 6.07) is 0. The molecule has 0 aliphatic rings. The van der Waals surface area contributed by atoms with E-state index in [0.717, 1.165) is 12.8 Å². The van der Waals surface area contributed by atoms with Crippen molar-refractivity contribution < 1.29 is 9.47 Å². The van der Waals surface area contributed by atoms with Gasteiger partial charge in [-0.25, -0.2) is 0 Å². The SMILES string of the molecule is CC(C)(C)CCC(COC(C)(C)C)OC(C)(C)C. The highest BCUT2D eigenvalue weighted by molar-refractivity contribution is 4.72. The molecule has 0 amide bonds. The zero-order chi connectivity index (χ0) is 14.6. The van der Waals surface area contributed by atoms with E-state index in [1.54, 1.807) is 0 Å². The molecule has 0 fully saturated rings. The maximum atomic E-state index is 6.10. The van der Waals surface area contributed by atoms with E-state index in [0.29, 0.717) is 12.0 Å². The molecule has 0 aliphatic carbocycles. The molecule has 0 aromatic rings. The molecule has 1 unspecified atom stereocenters. The summed E-state index contributed by atoms with van der Waals surface area (Å²) in [6.45, 7) is 20.1. The third kappa shape index (κ3) is 12.4. The Hall–Kier alpha value is -0.0800. The van der Waals surface area contributed by atoms with E-state index in [4.69, 9.17) is 9.47 Å². The first-order chi connectivity index (χ1) is 7.79. The average molecular weight is 258 g/mol. The standard InChI is InChI=1S/C16H34O2/c1-14(2,3)11-10-13(18-16(7,8)9)12-17-15(4,5)6/h13H,10-12H2,1-9H3. The van der Waals surface area contributed by atoms with E-state index in [-0.39, 0.29) is 17.3 Å². The maximum absolute atomic E-state index is 6.10. The Kier molecular flexibility index (Phi) is 6.35. The van der Waals surface area contributed by atoms with Crippen molar-refractivity contribution in [3.8, 4) is 0 Å². The number of ether oxygens (including phenoxy) is 2. The van der Waals surface area contributed by atoms with Gasteiger partial charge in [0.1, 0.15) is 0 Å². The average Bonchev–Trinajstić information content (AvgIpc) is 2.05. The molecular formula is C16H34O2. The molecule has 0 rings (SSSR count). The van der Waals surface area contributed by atoms with E-state index in [1.807, 2.05) is 0 Å². The van der Waals surface area contributed by atoms with Gasteiger partial charge < -0.3 is 9.47 Å². The monoisotopic (exact) mass is 258 g/mol. The molecule has 0 saturated heterocycles. The van der Waals surface area contributed by atoms with E-state index < -0.39 is 0 Å². The van der Waals surface area contributed by atoms with Crippen LogP contribution < -0.4 is 0 Å². The molecule has 0 heterocycles. The van der Waals surface area contributed by atoms with Gasteiger partial charge in [-0.15, -0.1) is 0 Å². The van der Waals surface area contributed by atoms with Gasteiger partial charge in [-0.2, -0.15) is 0 Å². The highest BCUT2D eigenvalue weighted by Crippen LogP contribution is 2.25. The lowest BCUT2D eigenvalue weighted by molar-refractivity contribution is -0.123. The summed E-state index contributed by atoms with van der Waals surface area (Å²) < 4.78 is 12.0. The van der Waals surface area contributed by atoms with E-state index >= 15 is 0 Å². The Labute approximate surface area is 114 Å². The van der Waals surface area contributed by atoms with Crippen molar-refractivity contribution in [3.05, 3.63) is 0 Å². The molecule has 0 spiro atoms. The summed E-state index contributed by atoms with van der Waals surface area (Å²) in [5.74, 6) is 0. The summed E-state index contributed by atoms with van der Waals surface area (Å²) in [5, 5.41) is 0. The first kappa shape index (κ1) is 17.9. The molecule has 0 aromatic carbocycles. The largest absolute Gasteiger partial charge is 0.373 e. The lowest BCUT2D eigenvalue weighted by Crippen LogP contribution is -2.34. The fourth-order valence-electron chi connectivity index (χ4n) is 1.61. The van der Waals surface area contributed by atoms with Crippen molar-refractivity contribution in [2.24, 2.45) is 5.41 Å². The maximum Gasteiger partial charge on any atom is 0.0816 e. The summed E-state index contributed by atoms with van der Waals surface area (Å²) >= 11 is 0. The third-order valence-electron chi connectivity index (χ3n) is 2.44. The summed E-state index contributed by atoms with van der Waals surface area (Å²) in [5.41, 5.74) is 0.145.